The van der Waals surface area contributed by atoms with E-state index in [2.05, 4.69) is 4.98 Å². The fourth-order valence-electron chi connectivity index (χ4n) is 1.80. The Hall–Kier alpha value is -3.07. The molecular weight excluding hydrogens is 270 g/mol. The molecule has 0 spiro atoms. The average molecular weight is 283 g/mol. The van der Waals surface area contributed by atoms with Gasteiger partial charge in [0.25, 0.3) is 0 Å². The molecule has 0 saturated carbocycles. The zero-order valence-electron chi connectivity index (χ0n) is 11.4. The molecule has 0 aliphatic heterocycles. The summed E-state index contributed by atoms with van der Waals surface area (Å²) in [7, 11) is 1.27. The predicted octanol–water partition coefficient (Wildman–Crippen LogP) is 1.90. The number of carbonyl (C=O) groups is 1. The van der Waals surface area contributed by atoms with E-state index in [4.69, 9.17) is 20.5 Å². The third kappa shape index (κ3) is 3.09. The van der Waals surface area contributed by atoms with Gasteiger partial charge in [0.1, 0.15) is 29.7 Å². The van der Waals surface area contributed by atoms with Crippen LogP contribution in [0.5, 0.6) is 5.75 Å². The smallest absolute Gasteiger partial charge is 0.343 e. The molecule has 106 valence electrons. The average Bonchev–Trinajstić information content (AvgIpc) is 2.52. The van der Waals surface area contributed by atoms with Crippen LogP contribution in [0.2, 0.25) is 0 Å². The van der Waals surface area contributed by atoms with Crippen LogP contribution < -0.4 is 10.5 Å². The lowest BCUT2D eigenvalue weighted by molar-refractivity contribution is 0.0597. The maximum atomic E-state index is 11.7. The Morgan fingerprint density at radius 3 is 2.90 bits per heavy atom. The van der Waals surface area contributed by atoms with Gasteiger partial charge >= 0.3 is 5.97 Å². The Balaban J connectivity index is 2.27. The topological polar surface area (TPSA) is 98.2 Å². The SMILES string of the molecule is COC(=O)c1c(N)cccc1OCc1cccnc1C#N. The maximum Gasteiger partial charge on any atom is 0.343 e. The number of anilines is 1. The predicted molar refractivity (Wildman–Crippen MR) is 75.5 cm³/mol. The van der Waals surface area contributed by atoms with E-state index in [9.17, 15) is 4.79 Å². The lowest BCUT2D eigenvalue weighted by atomic mass is 10.1. The Morgan fingerprint density at radius 1 is 1.38 bits per heavy atom. The van der Waals surface area contributed by atoms with E-state index in [-0.39, 0.29) is 23.6 Å². The van der Waals surface area contributed by atoms with Gasteiger partial charge in [0.05, 0.1) is 7.11 Å². The summed E-state index contributed by atoms with van der Waals surface area (Å²) in [6.45, 7) is 0.101. The summed E-state index contributed by atoms with van der Waals surface area (Å²) in [4.78, 5) is 15.7. The molecule has 0 bridgehead atoms. The molecule has 2 N–H and O–H groups in total. The highest BCUT2D eigenvalue weighted by Crippen LogP contribution is 2.26. The van der Waals surface area contributed by atoms with Gasteiger partial charge in [-0.2, -0.15) is 5.26 Å². The first-order valence-corrected chi connectivity index (χ1v) is 6.11. The number of nitrogens with two attached hydrogens (primary N) is 1. The number of esters is 1. The molecular formula is C15H13N3O3. The molecule has 0 radical (unpaired) electrons. The monoisotopic (exact) mass is 283 g/mol. The molecule has 0 fully saturated rings. The number of nitrogens with zero attached hydrogens (tertiary/aromatic N) is 2. The van der Waals surface area contributed by atoms with E-state index < -0.39 is 5.97 Å². The molecule has 1 aromatic carbocycles. The third-order valence-electron chi connectivity index (χ3n) is 2.83. The molecule has 6 heteroatoms. The number of carbonyl (C=O) groups excluding carboxylic acids is 1. The number of ether oxygens (including phenoxy) is 2. The van der Waals surface area contributed by atoms with Crippen molar-refractivity contribution in [2.75, 3.05) is 12.8 Å². The van der Waals surface area contributed by atoms with E-state index in [1.807, 2.05) is 6.07 Å². The number of hydrogen-bond donors (Lipinski definition) is 1. The van der Waals surface area contributed by atoms with Crippen molar-refractivity contribution in [3.8, 4) is 11.8 Å². The number of nitriles is 1. The second kappa shape index (κ2) is 6.39. The van der Waals surface area contributed by atoms with Gasteiger partial charge in [0, 0.05) is 17.4 Å². The van der Waals surface area contributed by atoms with E-state index >= 15 is 0 Å². The van der Waals surface area contributed by atoms with Gasteiger partial charge in [-0.05, 0) is 18.2 Å². The van der Waals surface area contributed by atoms with Crippen molar-refractivity contribution >= 4 is 11.7 Å². The summed E-state index contributed by atoms with van der Waals surface area (Å²) >= 11 is 0. The van der Waals surface area contributed by atoms with E-state index in [1.54, 1.807) is 30.3 Å². The molecule has 2 rings (SSSR count). The quantitative estimate of drug-likeness (QED) is 0.679. The first-order chi connectivity index (χ1) is 10.2. The Bertz CT molecular complexity index is 708. The zero-order valence-corrected chi connectivity index (χ0v) is 11.4. The van der Waals surface area contributed by atoms with Crippen molar-refractivity contribution in [3.63, 3.8) is 0 Å². The van der Waals surface area contributed by atoms with Gasteiger partial charge in [-0.1, -0.05) is 12.1 Å². The van der Waals surface area contributed by atoms with Crippen LogP contribution in [0.25, 0.3) is 0 Å². The Morgan fingerprint density at radius 2 is 2.19 bits per heavy atom. The molecule has 0 aliphatic carbocycles. The molecule has 6 nitrogen and oxygen atoms in total. The molecule has 0 amide bonds. The van der Waals surface area contributed by atoms with Gasteiger partial charge in [-0.3, -0.25) is 0 Å². The number of benzene rings is 1. The van der Waals surface area contributed by atoms with Crippen molar-refractivity contribution in [2.24, 2.45) is 0 Å². The minimum atomic E-state index is -0.574. The number of hydrogen-bond acceptors (Lipinski definition) is 6. The van der Waals surface area contributed by atoms with Crippen LogP contribution in [-0.2, 0) is 11.3 Å². The Labute approximate surface area is 121 Å². The summed E-state index contributed by atoms with van der Waals surface area (Å²) < 4.78 is 10.3. The molecule has 1 heterocycles. The van der Waals surface area contributed by atoms with Crippen LogP contribution in [-0.4, -0.2) is 18.1 Å². The highest BCUT2D eigenvalue weighted by atomic mass is 16.5. The fourth-order valence-corrected chi connectivity index (χ4v) is 1.80. The van der Waals surface area contributed by atoms with Crippen LogP contribution in [0.4, 0.5) is 5.69 Å². The van der Waals surface area contributed by atoms with E-state index in [1.165, 1.54) is 13.3 Å². The summed E-state index contributed by atoms with van der Waals surface area (Å²) in [5.74, 6) is -0.274. The van der Waals surface area contributed by atoms with Crippen molar-refractivity contribution in [2.45, 2.75) is 6.61 Å². The van der Waals surface area contributed by atoms with Gasteiger partial charge < -0.3 is 15.2 Å². The number of aromatic nitrogens is 1. The molecule has 0 aliphatic rings. The number of methoxy groups -OCH3 is 1. The first kappa shape index (κ1) is 14.3. The van der Waals surface area contributed by atoms with Crippen LogP contribution in [0.1, 0.15) is 21.6 Å². The second-order valence-corrected chi connectivity index (χ2v) is 4.12. The van der Waals surface area contributed by atoms with Gasteiger partial charge in [-0.15, -0.1) is 0 Å². The highest BCUT2D eigenvalue weighted by Gasteiger charge is 2.17. The van der Waals surface area contributed by atoms with Gasteiger partial charge in [-0.25, -0.2) is 9.78 Å². The van der Waals surface area contributed by atoms with Crippen LogP contribution >= 0.6 is 0 Å². The van der Waals surface area contributed by atoms with Crippen molar-refractivity contribution in [1.29, 1.82) is 5.26 Å². The lowest BCUT2D eigenvalue weighted by Gasteiger charge is -2.12. The van der Waals surface area contributed by atoms with Crippen molar-refractivity contribution < 1.29 is 14.3 Å². The molecule has 0 unspecified atom stereocenters. The summed E-state index contributed by atoms with van der Waals surface area (Å²) in [5, 5.41) is 8.98. The van der Waals surface area contributed by atoms with Crippen LogP contribution in [0, 0.1) is 11.3 Å². The minimum absolute atomic E-state index is 0.101. The minimum Gasteiger partial charge on any atom is -0.488 e. The molecule has 2 aromatic rings. The van der Waals surface area contributed by atoms with Crippen LogP contribution in [0.3, 0.4) is 0 Å². The summed E-state index contributed by atoms with van der Waals surface area (Å²) in [6, 6.07) is 10.3. The van der Waals surface area contributed by atoms with Crippen LogP contribution in [0.15, 0.2) is 36.5 Å². The number of pyridine rings is 1. The lowest BCUT2D eigenvalue weighted by Crippen LogP contribution is -2.09. The first-order valence-electron chi connectivity index (χ1n) is 6.11. The van der Waals surface area contributed by atoms with E-state index in [0.717, 1.165) is 0 Å². The number of rotatable bonds is 4. The summed E-state index contributed by atoms with van der Waals surface area (Å²) in [5.41, 5.74) is 7.12. The van der Waals surface area contributed by atoms with Gasteiger partial charge in [0.2, 0.25) is 0 Å². The molecule has 0 saturated heterocycles. The molecule has 0 atom stereocenters. The molecule has 21 heavy (non-hydrogen) atoms. The standard InChI is InChI=1S/C15H13N3O3/c1-20-15(19)14-11(17)5-2-6-13(14)21-9-10-4-3-7-18-12(10)8-16/h2-7H,9,17H2,1H3. The second-order valence-electron chi connectivity index (χ2n) is 4.12. The van der Waals surface area contributed by atoms with Crippen molar-refractivity contribution in [3.05, 3.63) is 53.3 Å². The zero-order chi connectivity index (χ0) is 15.2. The maximum absolute atomic E-state index is 11.7. The highest BCUT2D eigenvalue weighted by molar-refractivity contribution is 5.98. The Kier molecular flexibility index (Phi) is 4.36. The van der Waals surface area contributed by atoms with Crippen molar-refractivity contribution in [1.82, 2.24) is 4.98 Å². The largest absolute Gasteiger partial charge is 0.488 e. The van der Waals surface area contributed by atoms with Gasteiger partial charge in [0.15, 0.2) is 0 Å². The summed E-state index contributed by atoms with van der Waals surface area (Å²) in [6.07, 6.45) is 1.53. The fraction of sp³-hybridized carbons (Fsp3) is 0.133. The number of nitrogen functional groups attached to an aromatic ring is 1. The van der Waals surface area contributed by atoms with E-state index in [0.29, 0.717) is 11.3 Å². The molecule has 1 aromatic heterocycles. The third-order valence-corrected chi connectivity index (χ3v) is 2.83. The normalized spacial score (nSPS) is 9.71.